The fraction of sp³-hybridized carbons (Fsp3) is 0. The molecule has 0 bridgehead atoms. The van der Waals surface area contributed by atoms with Gasteiger partial charge in [-0.25, -0.2) is 17.6 Å². The molecular formula is C34H19F4N. The Morgan fingerprint density at radius 3 is 1.54 bits per heavy atom. The molecule has 7 aromatic rings. The number of hydrogen-bond donors (Lipinski definition) is 0. The lowest BCUT2D eigenvalue weighted by Gasteiger charge is -2.19. The van der Waals surface area contributed by atoms with E-state index >= 15 is 0 Å². The molecule has 0 N–H and O–H groups in total. The smallest absolute Gasteiger partial charge is 0.123 e. The molecule has 2 aromatic heterocycles. The van der Waals surface area contributed by atoms with Crippen LogP contribution in [0.1, 0.15) is 0 Å². The number of fused-ring (bicyclic) bond motifs is 5. The highest BCUT2D eigenvalue weighted by Gasteiger charge is 2.24. The standard InChI is InChI=1S/C34H19F4N/c35-23-11-5-20(6-12-23)31-28-3-1-2-4-30(28)39-33(22-9-15-25(37)16-10-22)32(21-7-13-24(36)14-8-21)29-19-26(38)17-18-27(29)34(31)39/h1-19H. The van der Waals surface area contributed by atoms with Crippen molar-refractivity contribution in [3.05, 3.63) is 139 Å². The van der Waals surface area contributed by atoms with E-state index in [0.717, 1.165) is 32.9 Å². The van der Waals surface area contributed by atoms with Gasteiger partial charge in [0.1, 0.15) is 23.3 Å². The molecule has 0 spiro atoms. The molecule has 0 saturated carbocycles. The number of rotatable bonds is 3. The lowest BCUT2D eigenvalue weighted by molar-refractivity contribution is 0.627. The summed E-state index contributed by atoms with van der Waals surface area (Å²) in [6.07, 6.45) is 0. The minimum absolute atomic E-state index is 0.343. The van der Waals surface area contributed by atoms with Crippen LogP contribution in [-0.2, 0) is 0 Å². The van der Waals surface area contributed by atoms with E-state index in [-0.39, 0.29) is 17.5 Å². The predicted octanol–water partition coefficient (Wildman–Crippen LogP) is 9.80. The summed E-state index contributed by atoms with van der Waals surface area (Å²) < 4.78 is 59.0. The molecule has 0 aliphatic heterocycles. The zero-order valence-electron chi connectivity index (χ0n) is 20.4. The van der Waals surface area contributed by atoms with Crippen LogP contribution in [0.25, 0.3) is 60.7 Å². The second kappa shape index (κ2) is 8.84. The molecular weight excluding hydrogens is 498 g/mol. The molecule has 5 heteroatoms. The van der Waals surface area contributed by atoms with Crippen molar-refractivity contribution < 1.29 is 17.6 Å². The Bertz CT molecular complexity index is 2020. The maximum absolute atomic E-state index is 14.9. The van der Waals surface area contributed by atoms with Crippen molar-refractivity contribution >= 4 is 27.2 Å². The van der Waals surface area contributed by atoms with Gasteiger partial charge in [-0.3, -0.25) is 0 Å². The first-order chi connectivity index (χ1) is 19.0. The van der Waals surface area contributed by atoms with Crippen LogP contribution in [0, 0.1) is 23.3 Å². The van der Waals surface area contributed by atoms with E-state index in [1.165, 1.54) is 48.5 Å². The Hall–Kier alpha value is -4.90. The molecule has 5 aromatic carbocycles. The van der Waals surface area contributed by atoms with Crippen LogP contribution in [0.15, 0.2) is 115 Å². The van der Waals surface area contributed by atoms with Gasteiger partial charge in [0.2, 0.25) is 0 Å². The Labute approximate surface area is 221 Å². The number of nitrogens with zero attached hydrogens (tertiary/aromatic N) is 1. The molecule has 0 atom stereocenters. The van der Waals surface area contributed by atoms with Crippen LogP contribution in [0.3, 0.4) is 0 Å². The molecule has 2 heterocycles. The van der Waals surface area contributed by atoms with Crippen molar-refractivity contribution in [1.82, 2.24) is 4.40 Å². The molecule has 0 unspecified atom stereocenters. The van der Waals surface area contributed by atoms with Gasteiger partial charge >= 0.3 is 0 Å². The Balaban J connectivity index is 1.79. The van der Waals surface area contributed by atoms with Crippen molar-refractivity contribution in [3.8, 4) is 33.5 Å². The Kier molecular flexibility index (Phi) is 5.27. The maximum atomic E-state index is 14.9. The summed E-state index contributed by atoms with van der Waals surface area (Å²) in [4.78, 5) is 0. The molecule has 0 aliphatic carbocycles. The summed E-state index contributed by atoms with van der Waals surface area (Å²) in [6, 6.07) is 31.0. The van der Waals surface area contributed by atoms with Gasteiger partial charge in [-0.2, -0.15) is 0 Å². The van der Waals surface area contributed by atoms with Crippen LogP contribution in [-0.4, -0.2) is 4.40 Å². The second-order valence-electron chi connectivity index (χ2n) is 9.51. The van der Waals surface area contributed by atoms with Crippen molar-refractivity contribution in [1.29, 1.82) is 0 Å². The largest absolute Gasteiger partial charge is 0.307 e. The van der Waals surface area contributed by atoms with Crippen LogP contribution in [0.2, 0.25) is 0 Å². The van der Waals surface area contributed by atoms with Gasteiger partial charge in [0.25, 0.3) is 0 Å². The predicted molar refractivity (Wildman–Crippen MR) is 149 cm³/mol. The summed E-state index contributed by atoms with van der Waals surface area (Å²) in [6.45, 7) is 0. The number of benzene rings is 5. The molecule has 1 nitrogen and oxygen atoms in total. The van der Waals surface area contributed by atoms with Gasteiger partial charge in [0.15, 0.2) is 0 Å². The van der Waals surface area contributed by atoms with Crippen LogP contribution < -0.4 is 0 Å². The van der Waals surface area contributed by atoms with Gasteiger partial charge in [0, 0.05) is 21.9 Å². The Morgan fingerprint density at radius 2 is 0.923 bits per heavy atom. The third kappa shape index (κ3) is 3.69. The molecule has 0 amide bonds. The zero-order valence-corrected chi connectivity index (χ0v) is 20.4. The first kappa shape index (κ1) is 23.2. The molecule has 0 saturated heterocycles. The van der Waals surface area contributed by atoms with Crippen molar-refractivity contribution in [3.63, 3.8) is 0 Å². The SMILES string of the molecule is Fc1ccc(-c2c(-c3ccc(F)cc3)n3c4ccccc4c(-c4ccc(F)cc4)c3c3ccc(F)cc23)cc1. The number of para-hydroxylation sites is 1. The fourth-order valence-corrected chi connectivity index (χ4v) is 5.60. The second-order valence-corrected chi connectivity index (χ2v) is 9.51. The van der Waals surface area contributed by atoms with Crippen molar-refractivity contribution in [2.45, 2.75) is 0 Å². The number of halogens is 4. The first-order valence-electron chi connectivity index (χ1n) is 12.5. The van der Waals surface area contributed by atoms with Crippen molar-refractivity contribution in [2.24, 2.45) is 0 Å². The highest BCUT2D eigenvalue weighted by Crippen LogP contribution is 2.47. The number of aromatic nitrogens is 1. The summed E-state index contributed by atoms with van der Waals surface area (Å²) in [5.74, 6) is -1.53. The average Bonchev–Trinajstić information content (AvgIpc) is 3.29. The lowest BCUT2D eigenvalue weighted by Crippen LogP contribution is -1.99. The molecule has 39 heavy (non-hydrogen) atoms. The monoisotopic (exact) mass is 517 g/mol. The van der Waals surface area contributed by atoms with Gasteiger partial charge < -0.3 is 4.40 Å². The van der Waals surface area contributed by atoms with E-state index in [1.54, 1.807) is 42.5 Å². The topological polar surface area (TPSA) is 4.41 Å². The zero-order chi connectivity index (χ0) is 26.7. The third-order valence-electron chi connectivity index (χ3n) is 7.22. The highest BCUT2D eigenvalue weighted by atomic mass is 19.1. The summed E-state index contributed by atoms with van der Waals surface area (Å²) in [5, 5.41) is 2.33. The minimum atomic E-state index is -0.417. The van der Waals surface area contributed by atoms with E-state index in [4.69, 9.17) is 0 Å². The van der Waals surface area contributed by atoms with Crippen molar-refractivity contribution in [2.75, 3.05) is 0 Å². The molecule has 0 fully saturated rings. The maximum Gasteiger partial charge on any atom is 0.123 e. The molecule has 188 valence electrons. The highest BCUT2D eigenvalue weighted by molar-refractivity contribution is 6.20. The summed E-state index contributed by atoms with van der Waals surface area (Å²) in [5.41, 5.74) is 6.15. The van der Waals surface area contributed by atoms with Gasteiger partial charge in [-0.05, 0) is 94.9 Å². The third-order valence-corrected chi connectivity index (χ3v) is 7.22. The van der Waals surface area contributed by atoms with Crippen LogP contribution >= 0.6 is 0 Å². The number of pyridine rings is 1. The minimum Gasteiger partial charge on any atom is -0.307 e. The summed E-state index contributed by atoms with van der Waals surface area (Å²) in [7, 11) is 0. The Morgan fingerprint density at radius 1 is 0.410 bits per heavy atom. The molecule has 0 aliphatic rings. The van der Waals surface area contributed by atoms with Crippen LogP contribution in [0.4, 0.5) is 17.6 Å². The number of hydrogen-bond acceptors (Lipinski definition) is 0. The van der Waals surface area contributed by atoms with E-state index < -0.39 is 5.82 Å². The van der Waals surface area contributed by atoms with Gasteiger partial charge in [-0.1, -0.05) is 42.5 Å². The van der Waals surface area contributed by atoms with E-state index in [9.17, 15) is 17.6 Å². The molecule has 0 radical (unpaired) electrons. The van der Waals surface area contributed by atoms with Gasteiger partial charge in [0.05, 0.1) is 16.7 Å². The normalized spacial score (nSPS) is 11.6. The molecule has 7 rings (SSSR count). The lowest BCUT2D eigenvalue weighted by atomic mass is 9.92. The van der Waals surface area contributed by atoms with E-state index in [0.29, 0.717) is 27.8 Å². The quantitative estimate of drug-likeness (QED) is 0.206. The first-order valence-corrected chi connectivity index (χ1v) is 12.5. The fourth-order valence-electron chi connectivity index (χ4n) is 5.60. The van der Waals surface area contributed by atoms with E-state index in [1.807, 2.05) is 24.3 Å². The van der Waals surface area contributed by atoms with Crippen LogP contribution in [0.5, 0.6) is 0 Å². The summed E-state index contributed by atoms with van der Waals surface area (Å²) >= 11 is 0. The van der Waals surface area contributed by atoms with Gasteiger partial charge in [-0.15, -0.1) is 0 Å². The van der Waals surface area contributed by atoms with E-state index in [2.05, 4.69) is 4.40 Å². The average molecular weight is 518 g/mol.